The maximum Gasteiger partial charge on any atom is 0.410 e. The van der Waals surface area contributed by atoms with E-state index in [9.17, 15) is 9.90 Å². The Bertz CT molecular complexity index is 753. The monoisotopic (exact) mass is 336 g/mol. The van der Waals surface area contributed by atoms with E-state index in [0.717, 1.165) is 11.1 Å². The predicted octanol–water partition coefficient (Wildman–Crippen LogP) is 3.39. The summed E-state index contributed by atoms with van der Waals surface area (Å²) in [6, 6.07) is 18.5. The van der Waals surface area contributed by atoms with Crippen LogP contribution >= 0.6 is 0 Å². The van der Waals surface area contributed by atoms with E-state index in [2.05, 4.69) is 6.07 Å². The first-order valence-electron chi connectivity index (χ1n) is 8.33. The quantitative estimate of drug-likeness (QED) is 0.932. The van der Waals surface area contributed by atoms with Crippen molar-refractivity contribution in [1.29, 1.82) is 5.26 Å². The SMILES string of the molecule is N#Cc1ccc([C@H]2C[C@H](O)CCN2C(=O)OCc2ccccc2)cc1. The third-order valence-electron chi connectivity index (χ3n) is 4.44. The highest BCUT2D eigenvalue weighted by molar-refractivity contribution is 5.68. The standard InChI is InChI=1S/C20H20N2O3/c21-13-15-6-8-17(9-7-15)19-12-18(23)10-11-22(19)20(24)25-14-16-4-2-1-3-5-16/h1-9,18-19,23H,10-12,14H2/t18-,19-/m1/s1. The molecule has 1 N–H and O–H groups in total. The number of nitriles is 1. The van der Waals surface area contributed by atoms with Gasteiger partial charge in [0.2, 0.25) is 0 Å². The highest BCUT2D eigenvalue weighted by atomic mass is 16.6. The van der Waals surface area contributed by atoms with Gasteiger partial charge in [0.15, 0.2) is 0 Å². The van der Waals surface area contributed by atoms with Gasteiger partial charge in [-0.3, -0.25) is 0 Å². The van der Waals surface area contributed by atoms with Crippen LogP contribution in [0.15, 0.2) is 54.6 Å². The molecule has 1 aliphatic heterocycles. The molecule has 1 saturated heterocycles. The second kappa shape index (κ2) is 7.82. The van der Waals surface area contributed by atoms with Gasteiger partial charge in [-0.1, -0.05) is 42.5 Å². The largest absolute Gasteiger partial charge is 0.445 e. The van der Waals surface area contributed by atoms with Gasteiger partial charge in [-0.2, -0.15) is 5.26 Å². The van der Waals surface area contributed by atoms with Gasteiger partial charge in [0.1, 0.15) is 6.61 Å². The lowest BCUT2D eigenvalue weighted by Gasteiger charge is -2.37. The van der Waals surface area contributed by atoms with Gasteiger partial charge in [0.25, 0.3) is 0 Å². The third kappa shape index (κ3) is 4.17. The number of aliphatic hydroxyl groups excluding tert-OH is 1. The summed E-state index contributed by atoms with van der Waals surface area (Å²) in [7, 11) is 0. The number of benzene rings is 2. The molecular formula is C20H20N2O3. The van der Waals surface area contributed by atoms with Gasteiger partial charge in [0.05, 0.1) is 23.8 Å². The van der Waals surface area contributed by atoms with Crippen molar-refractivity contribution in [2.75, 3.05) is 6.54 Å². The number of carbonyl (C=O) groups is 1. The van der Waals surface area contributed by atoms with Crippen LogP contribution in [-0.4, -0.2) is 28.7 Å². The van der Waals surface area contributed by atoms with Crippen LogP contribution in [0.4, 0.5) is 4.79 Å². The Kier molecular flexibility index (Phi) is 5.32. The molecule has 1 amide bonds. The lowest BCUT2D eigenvalue weighted by Crippen LogP contribution is -2.42. The molecule has 0 aromatic heterocycles. The number of aliphatic hydroxyl groups is 1. The fraction of sp³-hybridized carbons (Fsp3) is 0.300. The van der Waals surface area contributed by atoms with E-state index in [1.165, 1.54) is 0 Å². The zero-order valence-corrected chi connectivity index (χ0v) is 13.8. The van der Waals surface area contributed by atoms with E-state index in [-0.39, 0.29) is 18.7 Å². The molecule has 0 aliphatic carbocycles. The molecule has 0 bridgehead atoms. The lowest BCUT2D eigenvalue weighted by atomic mass is 9.93. The molecule has 128 valence electrons. The fourth-order valence-corrected chi connectivity index (χ4v) is 3.06. The third-order valence-corrected chi connectivity index (χ3v) is 4.44. The highest BCUT2D eigenvalue weighted by Gasteiger charge is 2.32. The van der Waals surface area contributed by atoms with E-state index in [1.54, 1.807) is 17.0 Å². The van der Waals surface area contributed by atoms with Crippen molar-refractivity contribution in [2.24, 2.45) is 0 Å². The zero-order chi connectivity index (χ0) is 17.6. The first-order chi connectivity index (χ1) is 12.2. The number of carbonyl (C=O) groups excluding carboxylic acids is 1. The summed E-state index contributed by atoms with van der Waals surface area (Å²) in [4.78, 5) is 14.2. The van der Waals surface area contributed by atoms with Crippen LogP contribution in [0.1, 0.15) is 35.6 Å². The molecule has 3 rings (SSSR count). The number of rotatable bonds is 3. The molecule has 2 aromatic rings. The Balaban J connectivity index is 1.72. The molecule has 5 nitrogen and oxygen atoms in total. The van der Waals surface area contributed by atoms with Crippen LogP contribution in [0.25, 0.3) is 0 Å². The summed E-state index contributed by atoms with van der Waals surface area (Å²) < 4.78 is 5.45. The van der Waals surface area contributed by atoms with Gasteiger partial charge >= 0.3 is 6.09 Å². The lowest BCUT2D eigenvalue weighted by molar-refractivity contribution is 0.0259. The fourth-order valence-electron chi connectivity index (χ4n) is 3.06. The maximum atomic E-state index is 12.6. The summed E-state index contributed by atoms with van der Waals surface area (Å²) >= 11 is 0. The second-order valence-electron chi connectivity index (χ2n) is 6.16. The number of hydrogen-bond acceptors (Lipinski definition) is 4. The van der Waals surface area contributed by atoms with E-state index < -0.39 is 6.10 Å². The summed E-state index contributed by atoms with van der Waals surface area (Å²) in [5.41, 5.74) is 2.40. The number of ether oxygens (including phenoxy) is 1. The number of amides is 1. The summed E-state index contributed by atoms with van der Waals surface area (Å²) in [5, 5.41) is 18.9. The van der Waals surface area contributed by atoms with E-state index in [0.29, 0.717) is 24.9 Å². The van der Waals surface area contributed by atoms with Crippen molar-refractivity contribution >= 4 is 6.09 Å². The smallest absolute Gasteiger partial charge is 0.410 e. The summed E-state index contributed by atoms with van der Waals surface area (Å²) in [6.07, 6.45) is 0.170. The number of likely N-dealkylation sites (tertiary alicyclic amines) is 1. The first kappa shape index (κ1) is 17.0. The molecule has 1 aliphatic rings. The number of piperidine rings is 1. The van der Waals surface area contributed by atoms with Crippen molar-refractivity contribution in [3.8, 4) is 6.07 Å². The molecule has 2 atom stereocenters. The van der Waals surface area contributed by atoms with Crippen molar-refractivity contribution in [3.63, 3.8) is 0 Å². The minimum atomic E-state index is -0.446. The van der Waals surface area contributed by atoms with Gasteiger partial charge in [-0.05, 0) is 36.1 Å². The van der Waals surface area contributed by atoms with Crippen LogP contribution in [0.3, 0.4) is 0 Å². The molecule has 0 saturated carbocycles. The Morgan fingerprint density at radius 2 is 1.92 bits per heavy atom. The van der Waals surface area contributed by atoms with E-state index in [1.807, 2.05) is 42.5 Å². The Labute approximate surface area is 147 Å². The molecule has 1 fully saturated rings. The predicted molar refractivity (Wildman–Crippen MR) is 92.5 cm³/mol. The van der Waals surface area contributed by atoms with Crippen LogP contribution in [0.2, 0.25) is 0 Å². The topological polar surface area (TPSA) is 73.6 Å². The van der Waals surface area contributed by atoms with Crippen LogP contribution in [0.5, 0.6) is 0 Å². The molecule has 0 spiro atoms. The molecule has 0 unspecified atom stereocenters. The van der Waals surface area contributed by atoms with Crippen molar-refractivity contribution in [2.45, 2.75) is 31.6 Å². The van der Waals surface area contributed by atoms with E-state index >= 15 is 0 Å². The normalized spacial score (nSPS) is 19.9. The molecule has 0 radical (unpaired) electrons. The van der Waals surface area contributed by atoms with Gasteiger partial charge in [0, 0.05) is 6.54 Å². The maximum absolute atomic E-state index is 12.6. The molecule has 5 heteroatoms. The van der Waals surface area contributed by atoms with Crippen molar-refractivity contribution < 1.29 is 14.6 Å². The van der Waals surface area contributed by atoms with Crippen molar-refractivity contribution in [3.05, 3.63) is 71.3 Å². The first-order valence-corrected chi connectivity index (χ1v) is 8.33. The van der Waals surface area contributed by atoms with Crippen LogP contribution in [-0.2, 0) is 11.3 Å². The number of nitrogens with zero attached hydrogens (tertiary/aromatic N) is 2. The molecular weight excluding hydrogens is 316 g/mol. The average molecular weight is 336 g/mol. The van der Waals surface area contributed by atoms with E-state index in [4.69, 9.17) is 10.00 Å². The molecule has 1 heterocycles. The minimum absolute atomic E-state index is 0.221. The van der Waals surface area contributed by atoms with Gasteiger partial charge in [-0.25, -0.2) is 4.79 Å². The van der Waals surface area contributed by atoms with Crippen LogP contribution in [0, 0.1) is 11.3 Å². The van der Waals surface area contributed by atoms with Gasteiger partial charge in [-0.15, -0.1) is 0 Å². The van der Waals surface area contributed by atoms with Crippen LogP contribution < -0.4 is 0 Å². The number of hydrogen-bond donors (Lipinski definition) is 1. The molecule has 2 aromatic carbocycles. The average Bonchev–Trinajstić information content (AvgIpc) is 2.67. The highest BCUT2D eigenvalue weighted by Crippen LogP contribution is 2.32. The summed E-state index contributed by atoms with van der Waals surface area (Å²) in [5.74, 6) is 0. The zero-order valence-electron chi connectivity index (χ0n) is 13.8. The Hall–Kier alpha value is -2.84. The molecule has 25 heavy (non-hydrogen) atoms. The minimum Gasteiger partial charge on any atom is -0.445 e. The summed E-state index contributed by atoms with van der Waals surface area (Å²) in [6.45, 7) is 0.665. The van der Waals surface area contributed by atoms with Gasteiger partial charge < -0.3 is 14.7 Å². The second-order valence-corrected chi connectivity index (χ2v) is 6.16. The Morgan fingerprint density at radius 1 is 1.20 bits per heavy atom. The Morgan fingerprint density at radius 3 is 2.60 bits per heavy atom. The van der Waals surface area contributed by atoms with Crippen molar-refractivity contribution in [1.82, 2.24) is 4.90 Å².